The second-order valence-corrected chi connectivity index (χ2v) is 9.15. The predicted octanol–water partition coefficient (Wildman–Crippen LogP) is 4.93. The molecule has 1 aliphatic heterocycles. The Morgan fingerprint density at radius 2 is 1.94 bits per heavy atom. The summed E-state index contributed by atoms with van der Waals surface area (Å²) >= 11 is 1.62. The maximum atomic E-state index is 14.3. The van der Waals surface area contributed by atoms with Crippen LogP contribution in [0.5, 0.6) is 5.75 Å². The zero-order valence-corrected chi connectivity index (χ0v) is 19.3. The number of morpholine rings is 1. The molecule has 1 amide bonds. The zero-order valence-electron chi connectivity index (χ0n) is 18.5. The van der Waals surface area contributed by atoms with Crippen molar-refractivity contribution in [3.05, 3.63) is 64.0 Å². The number of hydrogen-bond donors (Lipinski definition) is 0. The van der Waals surface area contributed by atoms with Gasteiger partial charge in [-0.25, -0.2) is 8.78 Å². The van der Waals surface area contributed by atoms with Crippen molar-refractivity contribution in [1.29, 1.82) is 0 Å². The standard InChI is InChI=1S/C25H25F2NO4S/c1-3-21(29)16-10-19(26)25(20(27)11-16)32-14-17-13-28(8-9-31-17)24(30)12-23-15(2)18-6-4-5-7-22(18)33-23/h4-7,10-11,17H,3,8-9,12-14H2,1-2H3. The molecule has 0 spiro atoms. The summed E-state index contributed by atoms with van der Waals surface area (Å²) in [6, 6.07) is 10.0. The van der Waals surface area contributed by atoms with Crippen LogP contribution in [0.25, 0.3) is 10.1 Å². The minimum atomic E-state index is -0.934. The molecule has 1 aromatic heterocycles. The number of fused-ring (bicyclic) bond motifs is 1. The van der Waals surface area contributed by atoms with Crippen LogP contribution in [0.15, 0.2) is 36.4 Å². The predicted molar refractivity (Wildman–Crippen MR) is 123 cm³/mol. The summed E-state index contributed by atoms with van der Waals surface area (Å²) in [7, 11) is 0. The van der Waals surface area contributed by atoms with Gasteiger partial charge in [0.05, 0.1) is 19.6 Å². The number of Topliss-reactive ketones (excluding diaryl/α,β-unsaturated/α-hetero) is 1. The quantitative estimate of drug-likeness (QED) is 0.457. The monoisotopic (exact) mass is 473 g/mol. The Balaban J connectivity index is 1.38. The summed E-state index contributed by atoms with van der Waals surface area (Å²) in [6.07, 6.45) is -0.0589. The van der Waals surface area contributed by atoms with Crippen LogP contribution < -0.4 is 4.74 Å². The fourth-order valence-corrected chi connectivity index (χ4v) is 5.13. The van der Waals surface area contributed by atoms with Gasteiger partial charge in [0.2, 0.25) is 5.91 Å². The minimum absolute atomic E-state index is 0.0160. The topological polar surface area (TPSA) is 55.8 Å². The lowest BCUT2D eigenvalue weighted by molar-refractivity contribution is -0.139. The SMILES string of the molecule is CCC(=O)c1cc(F)c(OCC2CN(C(=O)Cc3sc4ccccc4c3C)CCO2)c(F)c1. The highest BCUT2D eigenvalue weighted by atomic mass is 32.1. The first kappa shape index (κ1) is 23.3. The van der Waals surface area contributed by atoms with Crippen LogP contribution in [-0.4, -0.2) is 49.0 Å². The molecule has 0 aliphatic carbocycles. The highest BCUT2D eigenvalue weighted by molar-refractivity contribution is 7.19. The van der Waals surface area contributed by atoms with E-state index in [9.17, 15) is 18.4 Å². The summed E-state index contributed by atoms with van der Waals surface area (Å²) in [5.74, 6) is -2.78. The molecule has 174 valence electrons. The number of rotatable bonds is 7. The molecule has 33 heavy (non-hydrogen) atoms. The minimum Gasteiger partial charge on any atom is -0.485 e. The van der Waals surface area contributed by atoms with E-state index in [1.807, 2.05) is 25.1 Å². The van der Waals surface area contributed by atoms with Crippen LogP contribution in [0.4, 0.5) is 8.78 Å². The van der Waals surface area contributed by atoms with Crippen molar-refractivity contribution >= 4 is 33.1 Å². The highest BCUT2D eigenvalue weighted by Gasteiger charge is 2.27. The number of benzene rings is 2. The maximum Gasteiger partial charge on any atom is 0.228 e. The van der Waals surface area contributed by atoms with Gasteiger partial charge >= 0.3 is 0 Å². The Kier molecular flexibility index (Phi) is 7.05. The second kappa shape index (κ2) is 9.97. The number of nitrogens with zero attached hydrogens (tertiary/aromatic N) is 1. The third-order valence-electron chi connectivity index (χ3n) is 5.80. The van der Waals surface area contributed by atoms with E-state index in [2.05, 4.69) is 6.07 Å². The van der Waals surface area contributed by atoms with Gasteiger partial charge in [-0.15, -0.1) is 11.3 Å². The number of hydrogen-bond acceptors (Lipinski definition) is 5. The molecule has 1 fully saturated rings. The van der Waals surface area contributed by atoms with Crippen molar-refractivity contribution in [1.82, 2.24) is 4.90 Å². The Morgan fingerprint density at radius 1 is 1.21 bits per heavy atom. The number of carbonyl (C=O) groups excluding carboxylic acids is 2. The van der Waals surface area contributed by atoms with Gasteiger partial charge in [0.15, 0.2) is 23.2 Å². The van der Waals surface area contributed by atoms with E-state index in [0.29, 0.717) is 19.6 Å². The molecule has 8 heteroatoms. The molecule has 1 atom stereocenters. The number of ether oxygens (including phenoxy) is 2. The number of aryl methyl sites for hydroxylation is 1. The summed E-state index contributed by atoms with van der Waals surface area (Å²) in [4.78, 5) is 27.4. The molecule has 2 aromatic carbocycles. The van der Waals surface area contributed by atoms with Gasteiger partial charge in [-0.3, -0.25) is 9.59 Å². The molecule has 0 saturated carbocycles. The maximum absolute atomic E-state index is 14.3. The van der Waals surface area contributed by atoms with Crippen molar-refractivity contribution in [2.45, 2.75) is 32.8 Å². The van der Waals surface area contributed by atoms with Crippen LogP contribution in [0.3, 0.4) is 0 Å². The van der Waals surface area contributed by atoms with E-state index < -0.39 is 23.5 Å². The first-order chi connectivity index (χ1) is 15.9. The molecule has 0 bridgehead atoms. The van der Waals surface area contributed by atoms with Crippen LogP contribution >= 0.6 is 11.3 Å². The van der Waals surface area contributed by atoms with Gasteiger partial charge in [-0.05, 0) is 36.1 Å². The normalized spacial score (nSPS) is 16.2. The van der Waals surface area contributed by atoms with E-state index in [0.717, 1.165) is 32.7 Å². The lowest BCUT2D eigenvalue weighted by Gasteiger charge is -2.33. The second-order valence-electron chi connectivity index (χ2n) is 8.01. The van der Waals surface area contributed by atoms with Gasteiger partial charge in [0.25, 0.3) is 0 Å². The van der Waals surface area contributed by atoms with Crippen molar-refractivity contribution in [3.8, 4) is 5.75 Å². The number of amides is 1. The number of thiophene rings is 1. The third kappa shape index (κ3) is 5.07. The molecule has 1 aliphatic rings. The molecule has 3 aromatic rings. The van der Waals surface area contributed by atoms with Crippen molar-refractivity contribution in [3.63, 3.8) is 0 Å². The summed E-state index contributed by atoms with van der Waals surface area (Å²) in [5, 5.41) is 1.16. The van der Waals surface area contributed by atoms with Gasteiger partial charge < -0.3 is 14.4 Å². The molecule has 0 radical (unpaired) electrons. The van der Waals surface area contributed by atoms with Crippen LogP contribution in [-0.2, 0) is 16.0 Å². The fourth-order valence-electron chi connectivity index (χ4n) is 3.93. The highest BCUT2D eigenvalue weighted by Crippen LogP contribution is 2.31. The van der Waals surface area contributed by atoms with Crippen molar-refractivity contribution in [2.24, 2.45) is 0 Å². The molecular weight excluding hydrogens is 448 g/mol. The Morgan fingerprint density at radius 3 is 2.64 bits per heavy atom. The zero-order chi connectivity index (χ0) is 23.5. The van der Waals surface area contributed by atoms with Crippen LogP contribution in [0, 0.1) is 18.6 Å². The van der Waals surface area contributed by atoms with Gasteiger partial charge in [0.1, 0.15) is 12.7 Å². The number of ketones is 1. The van der Waals surface area contributed by atoms with E-state index in [4.69, 9.17) is 9.47 Å². The van der Waals surface area contributed by atoms with Crippen LogP contribution in [0.2, 0.25) is 0 Å². The molecule has 2 heterocycles. The van der Waals surface area contributed by atoms with Gasteiger partial charge in [-0.1, -0.05) is 25.1 Å². The lowest BCUT2D eigenvalue weighted by Crippen LogP contribution is -2.48. The van der Waals surface area contributed by atoms with E-state index in [1.54, 1.807) is 23.2 Å². The summed E-state index contributed by atoms with van der Waals surface area (Å²) in [6.45, 7) is 4.59. The fraction of sp³-hybridized carbons (Fsp3) is 0.360. The molecular formula is C25H25F2NO4S. The van der Waals surface area contributed by atoms with E-state index in [-0.39, 0.29) is 36.8 Å². The first-order valence-corrected chi connectivity index (χ1v) is 11.7. The smallest absolute Gasteiger partial charge is 0.228 e. The molecule has 4 rings (SSSR count). The largest absolute Gasteiger partial charge is 0.485 e. The lowest BCUT2D eigenvalue weighted by atomic mass is 10.1. The molecule has 1 unspecified atom stereocenters. The van der Waals surface area contributed by atoms with Crippen LogP contribution in [0.1, 0.15) is 34.1 Å². The molecule has 1 saturated heterocycles. The Hall–Kier alpha value is -2.84. The molecule has 5 nitrogen and oxygen atoms in total. The van der Waals surface area contributed by atoms with Gasteiger partial charge in [0, 0.05) is 28.1 Å². The van der Waals surface area contributed by atoms with Crippen molar-refractivity contribution in [2.75, 3.05) is 26.3 Å². The number of halogens is 2. The average Bonchev–Trinajstić information content (AvgIpc) is 3.13. The average molecular weight is 474 g/mol. The van der Waals surface area contributed by atoms with E-state index in [1.165, 1.54) is 0 Å². The Labute approximate surface area is 194 Å². The van der Waals surface area contributed by atoms with Gasteiger partial charge in [-0.2, -0.15) is 0 Å². The molecule has 0 N–H and O–H groups in total. The van der Waals surface area contributed by atoms with E-state index >= 15 is 0 Å². The third-order valence-corrected chi connectivity index (χ3v) is 7.07. The number of carbonyl (C=O) groups is 2. The Bertz CT molecular complexity index is 1170. The first-order valence-electron chi connectivity index (χ1n) is 10.9. The summed E-state index contributed by atoms with van der Waals surface area (Å²) in [5.41, 5.74) is 1.09. The van der Waals surface area contributed by atoms with Crippen molar-refractivity contribution < 1.29 is 27.8 Å². The summed E-state index contributed by atoms with van der Waals surface area (Å²) < 4.78 is 40.8.